The zero-order valence-electron chi connectivity index (χ0n) is 13.6. The van der Waals surface area contributed by atoms with E-state index in [1.807, 2.05) is 19.2 Å². The van der Waals surface area contributed by atoms with Gasteiger partial charge in [0.15, 0.2) is 5.96 Å². The molecule has 0 atom stereocenters. The maximum atomic E-state index is 5.71. The van der Waals surface area contributed by atoms with Gasteiger partial charge in [-0.2, -0.15) is 0 Å². The number of halogens is 1. The van der Waals surface area contributed by atoms with Crippen molar-refractivity contribution in [2.75, 3.05) is 26.7 Å². The molecular formula is C17H28IN3O. The lowest BCUT2D eigenvalue weighted by Crippen LogP contribution is -2.38. The summed E-state index contributed by atoms with van der Waals surface area (Å²) >= 11 is 0. The summed E-state index contributed by atoms with van der Waals surface area (Å²) in [5.74, 6) is 2.74. The Bertz CT molecular complexity index is 444. The Hall–Kier alpha value is -0.980. The third kappa shape index (κ3) is 7.87. The summed E-state index contributed by atoms with van der Waals surface area (Å²) in [4.78, 5) is 4.22. The first-order valence-electron chi connectivity index (χ1n) is 7.92. The number of hydrogen-bond acceptors (Lipinski definition) is 2. The molecule has 0 spiro atoms. The molecule has 0 unspecified atom stereocenters. The van der Waals surface area contributed by atoms with E-state index in [1.54, 1.807) is 0 Å². The van der Waals surface area contributed by atoms with Crippen LogP contribution in [0.4, 0.5) is 0 Å². The van der Waals surface area contributed by atoms with E-state index in [2.05, 4.69) is 34.7 Å². The number of benzene rings is 1. The van der Waals surface area contributed by atoms with E-state index in [9.17, 15) is 0 Å². The smallest absolute Gasteiger partial charge is 0.190 e. The van der Waals surface area contributed by atoms with Crippen LogP contribution in [0, 0.1) is 12.8 Å². The van der Waals surface area contributed by atoms with Crippen LogP contribution in [0.25, 0.3) is 0 Å². The van der Waals surface area contributed by atoms with Crippen LogP contribution in [-0.4, -0.2) is 32.7 Å². The molecular weight excluding hydrogens is 389 g/mol. The van der Waals surface area contributed by atoms with Crippen molar-refractivity contribution in [1.82, 2.24) is 10.6 Å². The average molecular weight is 417 g/mol. The Morgan fingerprint density at radius 1 is 1.18 bits per heavy atom. The van der Waals surface area contributed by atoms with Crippen molar-refractivity contribution in [2.45, 2.75) is 32.6 Å². The third-order valence-corrected chi connectivity index (χ3v) is 3.63. The molecule has 0 saturated heterocycles. The second-order valence-electron chi connectivity index (χ2n) is 5.69. The number of nitrogens with one attached hydrogen (secondary N) is 2. The van der Waals surface area contributed by atoms with E-state index >= 15 is 0 Å². The minimum absolute atomic E-state index is 0. The van der Waals surface area contributed by atoms with E-state index in [4.69, 9.17) is 4.74 Å². The van der Waals surface area contributed by atoms with Gasteiger partial charge in [-0.25, -0.2) is 0 Å². The van der Waals surface area contributed by atoms with Crippen molar-refractivity contribution in [2.24, 2.45) is 10.9 Å². The van der Waals surface area contributed by atoms with Crippen LogP contribution >= 0.6 is 24.0 Å². The van der Waals surface area contributed by atoms with Gasteiger partial charge in [-0.1, -0.05) is 17.7 Å². The number of unbranched alkanes of at least 4 members (excludes halogenated alkanes) is 1. The fourth-order valence-corrected chi connectivity index (χ4v) is 2.04. The summed E-state index contributed by atoms with van der Waals surface area (Å²) in [5, 5.41) is 6.70. The monoisotopic (exact) mass is 417 g/mol. The highest BCUT2D eigenvalue weighted by molar-refractivity contribution is 14.0. The van der Waals surface area contributed by atoms with E-state index in [1.165, 1.54) is 18.4 Å². The molecule has 0 heterocycles. The minimum atomic E-state index is 0. The zero-order valence-corrected chi connectivity index (χ0v) is 15.9. The molecule has 0 aromatic heterocycles. The first-order chi connectivity index (χ1) is 10.3. The Labute approximate surface area is 151 Å². The van der Waals surface area contributed by atoms with Crippen LogP contribution in [0.2, 0.25) is 0 Å². The van der Waals surface area contributed by atoms with E-state index in [0.717, 1.165) is 50.2 Å². The van der Waals surface area contributed by atoms with Gasteiger partial charge in [0.05, 0.1) is 6.61 Å². The summed E-state index contributed by atoms with van der Waals surface area (Å²) < 4.78 is 5.71. The van der Waals surface area contributed by atoms with Gasteiger partial charge in [-0.05, 0) is 50.7 Å². The molecule has 1 aliphatic carbocycles. The number of ether oxygens (including phenoxy) is 1. The van der Waals surface area contributed by atoms with Crippen LogP contribution in [0.1, 0.15) is 31.2 Å². The highest BCUT2D eigenvalue weighted by Gasteiger charge is 2.20. The van der Waals surface area contributed by atoms with Crippen molar-refractivity contribution in [1.29, 1.82) is 0 Å². The molecule has 5 heteroatoms. The molecule has 124 valence electrons. The molecule has 1 aliphatic rings. The third-order valence-electron chi connectivity index (χ3n) is 3.63. The average Bonchev–Trinajstić information content (AvgIpc) is 3.32. The highest BCUT2D eigenvalue weighted by Crippen LogP contribution is 2.27. The summed E-state index contributed by atoms with van der Waals surface area (Å²) in [7, 11) is 1.82. The highest BCUT2D eigenvalue weighted by atomic mass is 127. The van der Waals surface area contributed by atoms with Gasteiger partial charge in [0.25, 0.3) is 0 Å². The first kappa shape index (κ1) is 19.1. The number of rotatable bonds is 8. The van der Waals surface area contributed by atoms with Crippen LogP contribution in [-0.2, 0) is 0 Å². The van der Waals surface area contributed by atoms with Gasteiger partial charge in [0.1, 0.15) is 5.75 Å². The second kappa shape index (κ2) is 10.7. The van der Waals surface area contributed by atoms with E-state index in [-0.39, 0.29) is 24.0 Å². The Morgan fingerprint density at radius 3 is 2.55 bits per heavy atom. The van der Waals surface area contributed by atoms with Gasteiger partial charge in [0.2, 0.25) is 0 Å². The van der Waals surface area contributed by atoms with Gasteiger partial charge in [0, 0.05) is 20.1 Å². The largest absolute Gasteiger partial charge is 0.494 e. The fraction of sp³-hybridized carbons (Fsp3) is 0.588. The summed E-state index contributed by atoms with van der Waals surface area (Å²) in [6.07, 6.45) is 4.84. The normalized spacial score (nSPS) is 14.2. The predicted octanol–water partition coefficient (Wildman–Crippen LogP) is 3.35. The predicted molar refractivity (Wildman–Crippen MR) is 103 cm³/mol. The zero-order chi connectivity index (χ0) is 14.9. The lowest BCUT2D eigenvalue weighted by molar-refractivity contribution is 0.307. The maximum absolute atomic E-state index is 5.71. The number of aryl methyl sites for hydroxylation is 1. The van der Waals surface area contributed by atoms with Crippen molar-refractivity contribution in [3.05, 3.63) is 29.8 Å². The minimum Gasteiger partial charge on any atom is -0.494 e. The molecule has 0 aliphatic heterocycles. The molecule has 2 N–H and O–H groups in total. The Kier molecular flexibility index (Phi) is 9.27. The van der Waals surface area contributed by atoms with Crippen LogP contribution in [0.15, 0.2) is 29.3 Å². The SMILES string of the molecule is CN=C(NCCCCOc1ccc(C)cc1)NCC1CC1.I. The van der Waals surface area contributed by atoms with E-state index < -0.39 is 0 Å². The summed E-state index contributed by atoms with van der Waals surface area (Å²) in [6, 6.07) is 8.20. The quantitative estimate of drug-likeness (QED) is 0.295. The second-order valence-corrected chi connectivity index (χ2v) is 5.69. The topological polar surface area (TPSA) is 45.7 Å². The molecule has 0 radical (unpaired) electrons. The Morgan fingerprint density at radius 2 is 1.91 bits per heavy atom. The molecule has 0 amide bonds. The summed E-state index contributed by atoms with van der Waals surface area (Å²) in [5.41, 5.74) is 1.26. The Balaban J connectivity index is 0.00000242. The van der Waals surface area contributed by atoms with E-state index in [0.29, 0.717) is 0 Å². The molecule has 2 rings (SSSR count). The maximum Gasteiger partial charge on any atom is 0.190 e. The van der Waals surface area contributed by atoms with Crippen molar-refractivity contribution in [3.63, 3.8) is 0 Å². The van der Waals surface area contributed by atoms with Crippen molar-refractivity contribution >= 4 is 29.9 Å². The van der Waals surface area contributed by atoms with Crippen LogP contribution < -0.4 is 15.4 Å². The van der Waals surface area contributed by atoms with Gasteiger partial charge >= 0.3 is 0 Å². The van der Waals surface area contributed by atoms with Crippen molar-refractivity contribution in [3.8, 4) is 5.75 Å². The standard InChI is InChI=1S/C17H27N3O.HI/c1-14-5-9-16(10-6-14)21-12-4-3-11-19-17(18-2)20-13-15-7-8-15;/h5-6,9-10,15H,3-4,7-8,11-13H2,1-2H3,(H2,18,19,20);1H. The first-order valence-corrected chi connectivity index (χ1v) is 7.92. The lowest BCUT2D eigenvalue weighted by Gasteiger charge is -2.11. The van der Waals surface area contributed by atoms with Gasteiger partial charge < -0.3 is 15.4 Å². The van der Waals surface area contributed by atoms with Crippen LogP contribution in [0.5, 0.6) is 5.75 Å². The number of nitrogens with zero attached hydrogens (tertiary/aromatic N) is 1. The molecule has 22 heavy (non-hydrogen) atoms. The molecule has 1 saturated carbocycles. The molecule has 0 bridgehead atoms. The summed E-state index contributed by atoms with van der Waals surface area (Å²) in [6.45, 7) is 4.83. The molecule has 4 nitrogen and oxygen atoms in total. The molecule has 1 aromatic rings. The van der Waals surface area contributed by atoms with Crippen molar-refractivity contribution < 1.29 is 4.74 Å². The van der Waals surface area contributed by atoms with Gasteiger partial charge in [-0.3, -0.25) is 4.99 Å². The van der Waals surface area contributed by atoms with Crippen LogP contribution in [0.3, 0.4) is 0 Å². The molecule has 1 aromatic carbocycles. The number of hydrogen-bond donors (Lipinski definition) is 2. The lowest BCUT2D eigenvalue weighted by atomic mass is 10.2. The van der Waals surface area contributed by atoms with Gasteiger partial charge in [-0.15, -0.1) is 24.0 Å². The fourth-order valence-electron chi connectivity index (χ4n) is 2.04. The number of aliphatic imine (C=N–C) groups is 1. The number of guanidine groups is 1. The molecule has 1 fully saturated rings.